The maximum absolute atomic E-state index is 11.7. The number of ether oxygens (including phenoxy) is 1. The second-order valence-electron chi connectivity index (χ2n) is 7.77. The number of nitrogens with zero attached hydrogens (tertiary/aromatic N) is 3. The van der Waals surface area contributed by atoms with E-state index in [0.29, 0.717) is 25.6 Å². The molecule has 1 amide bonds. The predicted octanol–water partition coefficient (Wildman–Crippen LogP) is 2.88. The molecule has 2 heterocycles. The molecule has 1 saturated heterocycles. The number of rotatable bonds is 7. The van der Waals surface area contributed by atoms with Gasteiger partial charge in [-0.3, -0.25) is 0 Å². The molecule has 9 heteroatoms. The highest BCUT2D eigenvalue weighted by Crippen LogP contribution is 2.18. The summed E-state index contributed by atoms with van der Waals surface area (Å²) in [5.74, 6) is 1.75. The molecule has 0 atom stereocenters. The van der Waals surface area contributed by atoms with Gasteiger partial charge in [-0.2, -0.15) is 0 Å². The number of carbonyl (C=O) groups is 1. The molecule has 1 fully saturated rings. The van der Waals surface area contributed by atoms with Crippen LogP contribution in [0.25, 0.3) is 0 Å². The predicted molar refractivity (Wildman–Crippen MR) is 128 cm³/mol. The van der Waals surface area contributed by atoms with Crippen LogP contribution in [0.4, 0.5) is 10.6 Å². The van der Waals surface area contributed by atoms with Crippen molar-refractivity contribution in [2.75, 3.05) is 37.6 Å². The number of anilines is 1. The molecule has 3 N–H and O–H groups in total. The van der Waals surface area contributed by atoms with Crippen LogP contribution in [0.5, 0.6) is 0 Å². The summed E-state index contributed by atoms with van der Waals surface area (Å²) in [6.45, 7) is 12.0. The Bertz CT molecular complexity index is 657. The van der Waals surface area contributed by atoms with Crippen molar-refractivity contribution in [3.8, 4) is 0 Å². The Morgan fingerprint density at radius 3 is 2.55 bits per heavy atom. The average molecular weight is 518 g/mol. The number of alkyl carbamates (subject to hydrolysis) is 1. The van der Waals surface area contributed by atoms with Gasteiger partial charge in [0, 0.05) is 38.9 Å². The molecular formula is C20H35IN6O2. The van der Waals surface area contributed by atoms with Crippen LogP contribution in [0.2, 0.25) is 0 Å². The van der Waals surface area contributed by atoms with Crippen molar-refractivity contribution < 1.29 is 9.53 Å². The maximum atomic E-state index is 11.7. The lowest BCUT2D eigenvalue weighted by molar-refractivity contribution is 0.0529. The number of halogens is 1. The van der Waals surface area contributed by atoms with E-state index >= 15 is 0 Å². The lowest BCUT2D eigenvalue weighted by Gasteiger charge is -2.20. The molecule has 0 saturated carbocycles. The van der Waals surface area contributed by atoms with Gasteiger partial charge in [0.2, 0.25) is 0 Å². The first kappa shape index (κ1) is 25.3. The van der Waals surface area contributed by atoms with E-state index in [4.69, 9.17) is 4.74 Å². The van der Waals surface area contributed by atoms with E-state index in [0.717, 1.165) is 31.0 Å². The molecule has 1 aromatic rings. The van der Waals surface area contributed by atoms with Crippen LogP contribution in [0.15, 0.2) is 23.3 Å². The first-order chi connectivity index (χ1) is 13.4. The summed E-state index contributed by atoms with van der Waals surface area (Å²) in [4.78, 5) is 23.1. The molecule has 0 radical (unpaired) electrons. The number of hydrogen-bond donors (Lipinski definition) is 3. The molecule has 2 rings (SSSR count). The summed E-state index contributed by atoms with van der Waals surface area (Å²) in [6, 6.07) is 4.11. The molecule has 0 aliphatic carbocycles. The van der Waals surface area contributed by atoms with Crippen LogP contribution < -0.4 is 20.9 Å². The van der Waals surface area contributed by atoms with Crippen molar-refractivity contribution in [1.29, 1.82) is 0 Å². The van der Waals surface area contributed by atoms with Crippen LogP contribution in [-0.4, -0.2) is 55.4 Å². The number of guanidine groups is 1. The fourth-order valence-corrected chi connectivity index (χ4v) is 2.85. The average Bonchev–Trinajstić information content (AvgIpc) is 3.16. The van der Waals surface area contributed by atoms with Crippen LogP contribution in [-0.2, 0) is 11.3 Å². The van der Waals surface area contributed by atoms with Crippen LogP contribution in [0, 0.1) is 0 Å². The van der Waals surface area contributed by atoms with Crippen LogP contribution >= 0.6 is 24.0 Å². The Kier molecular flexibility index (Phi) is 11.1. The van der Waals surface area contributed by atoms with Gasteiger partial charge in [-0.1, -0.05) is 0 Å². The summed E-state index contributed by atoms with van der Waals surface area (Å²) in [5.41, 5.74) is 0.632. The molecule has 1 aliphatic rings. The molecule has 164 valence electrons. The summed E-state index contributed by atoms with van der Waals surface area (Å²) in [7, 11) is 0. The molecule has 0 spiro atoms. The summed E-state index contributed by atoms with van der Waals surface area (Å²) < 4.78 is 5.22. The Balaban J connectivity index is 0.00000420. The number of aliphatic imine (C=N–C) groups is 1. The monoisotopic (exact) mass is 518 g/mol. The molecular weight excluding hydrogens is 483 g/mol. The first-order valence-corrected chi connectivity index (χ1v) is 10.1. The highest BCUT2D eigenvalue weighted by molar-refractivity contribution is 14.0. The minimum absolute atomic E-state index is 0. The van der Waals surface area contributed by atoms with Gasteiger partial charge in [0.1, 0.15) is 11.4 Å². The largest absolute Gasteiger partial charge is 0.444 e. The van der Waals surface area contributed by atoms with Gasteiger partial charge in [-0.15, -0.1) is 24.0 Å². The van der Waals surface area contributed by atoms with Crippen molar-refractivity contribution in [3.05, 3.63) is 23.9 Å². The Morgan fingerprint density at radius 2 is 1.90 bits per heavy atom. The fraction of sp³-hybridized carbons (Fsp3) is 0.650. The van der Waals surface area contributed by atoms with Crippen molar-refractivity contribution in [3.63, 3.8) is 0 Å². The van der Waals surface area contributed by atoms with Crippen LogP contribution in [0.1, 0.15) is 46.1 Å². The number of nitrogens with one attached hydrogen (secondary N) is 3. The normalized spacial score (nSPS) is 14.2. The lowest BCUT2D eigenvalue weighted by Crippen LogP contribution is -2.42. The van der Waals surface area contributed by atoms with E-state index in [1.165, 1.54) is 12.8 Å². The Labute approximate surface area is 191 Å². The SMILES string of the molecule is CCNC(=NCc1ccnc(N2CCCC2)c1)NCCNC(=O)OC(C)(C)C.I. The van der Waals surface area contributed by atoms with Gasteiger partial charge in [0.25, 0.3) is 0 Å². The van der Waals surface area contributed by atoms with Gasteiger partial charge in [-0.25, -0.2) is 14.8 Å². The number of amides is 1. The summed E-state index contributed by atoms with van der Waals surface area (Å²) in [6.07, 6.45) is 3.90. The van der Waals surface area contributed by atoms with Crippen molar-refractivity contribution in [1.82, 2.24) is 20.9 Å². The maximum Gasteiger partial charge on any atom is 0.407 e. The minimum Gasteiger partial charge on any atom is -0.444 e. The second kappa shape index (κ2) is 12.7. The van der Waals surface area contributed by atoms with E-state index in [1.807, 2.05) is 40.0 Å². The van der Waals surface area contributed by atoms with E-state index in [1.54, 1.807) is 0 Å². The highest BCUT2D eigenvalue weighted by Gasteiger charge is 2.15. The van der Waals surface area contributed by atoms with E-state index in [9.17, 15) is 4.79 Å². The quantitative estimate of drug-likeness (QED) is 0.223. The van der Waals surface area contributed by atoms with E-state index in [-0.39, 0.29) is 24.0 Å². The molecule has 0 bridgehead atoms. The molecule has 0 unspecified atom stereocenters. The zero-order chi connectivity index (χ0) is 20.4. The van der Waals surface area contributed by atoms with E-state index < -0.39 is 11.7 Å². The second-order valence-corrected chi connectivity index (χ2v) is 7.77. The van der Waals surface area contributed by atoms with Crippen molar-refractivity contribution >= 4 is 41.8 Å². The van der Waals surface area contributed by atoms with Gasteiger partial charge in [-0.05, 0) is 58.2 Å². The van der Waals surface area contributed by atoms with Gasteiger partial charge in [0.05, 0.1) is 6.54 Å². The first-order valence-electron chi connectivity index (χ1n) is 10.1. The van der Waals surface area contributed by atoms with Gasteiger partial charge in [0.15, 0.2) is 5.96 Å². The van der Waals surface area contributed by atoms with Crippen molar-refractivity contribution in [2.24, 2.45) is 4.99 Å². The van der Waals surface area contributed by atoms with Crippen LogP contribution in [0.3, 0.4) is 0 Å². The summed E-state index contributed by atoms with van der Waals surface area (Å²) >= 11 is 0. The molecule has 1 aromatic heterocycles. The lowest BCUT2D eigenvalue weighted by atomic mass is 10.2. The third kappa shape index (κ3) is 10.00. The highest BCUT2D eigenvalue weighted by atomic mass is 127. The third-order valence-corrected chi connectivity index (χ3v) is 4.09. The summed E-state index contributed by atoms with van der Waals surface area (Å²) in [5, 5.41) is 9.17. The molecule has 0 aromatic carbocycles. The Hall–Kier alpha value is -1.78. The molecule has 29 heavy (non-hydrogen) atoms. The molecule has 8 nitrogen and oxygen atoms in total. The smallest absolute Gasteiger partial charge is 0.407 e. The van der Waals surface area contributed by atoms with Gasteiger partial charge >= 0.3 is 6.09 Å². The van der Waals surface area contributed by atoms with Gasteiger partial charge < -0.3 is 25.6 Å². The topological polar surface area (TPSA) is 90.9 Å². The van der Waals surface area contributed by atoms with Crippen molar-refractivity contribution in [2.45, 2.75) is 52.7 Å². The molecule has 1 aliphatic heterocycles. The third-order valence-electron chi connectivity index (χ3n) is 4.09. The fourth-order valence-electron chi connectivity index (χ4n) is 2.85. The number of hydrogen-bond acceptors (Lipinski definition) is 5. The van der Waals surface area contributed by atoms with E-state index in [2.05, 4.69) is 36.9 Å². The standard InChI is InChI=1S/C20H34N6O2.HI/c1-5-21-18(23-10-11-24-19(27)28-20(2,3)4)25-15-16-8-9-22-17(14-16)26-12-6-7-13-26;/h8-9,14H,5-7,10-13,15H2,1-4H3,(H,24,27)(H2,21,23,25);1H. The number of aromatic nitrogens is 1. The number of pyridine rings is 1. The zero-order valence-electron chi connectivity index (χ0n) is 18.0. The minimum atomic E-state index is -0.494. The zero-order valence-corrected chi connectivity index (χ0v) is 20.3. The Morgan fingerprint density at radius 1 is 1.21 bits per heavy atom. The number of carbonyl (C=O) groups excluding carboxylic acids is 1.